The maximum absolute atomic E-state index is 10.9. The average Bonchev–Trinajstić information content (AvgIpc) is 2.42. The summed E-state index contributed by atoms with van der Waals surface area (Å²) in [6.45, 7) is 0. The quantitative estimate of drug-likeness (QED) is 0.894. The van der Waals surface area contributed by atoms with Crippen LogP contribution in [0.1, 0.15) is 0 Å². The monoisotopic (exact) mass is 310 g/mol. The number of hydrogen-bond acceptors (Lipinski definition) is 2. The van der Waals surface area contributed by atoms with Crippen LogP contribution in [0.2, 0.25) is 10.0 Å². The Morgan fingerprint density at radius 2 is 2.00 bits per heavy atom. The molecule has 0 fully saturated rings. The molecular formula is C14H12Cl2N2O2. The van der Waals surface area contributed by atoms with Gasteiger partial charge in [0, 0.05) is 5.56 Å². The van der Waals surface area contributed by atoms with Gasteiger partial charge in [-0.2, -0.15) is 0 Å². The molecule has 0 aliphatic rings. The van der Waals surface area contributed by atoms with Crippen molar-refractivity contribution in [2.75, 3.05) is 12.4 Å². The van der Waals surface area contributed by atoms with Crippen LogP contribution in [0.3, 0.4) is 0 Å². The number of halogens is 2. The first-order chi connectivity index (χ1) is 9.52. The second kappa shape index (κ2) is 6.03. The lowest BCUT2D eigenvalue weighted by Crippen LogP contribution is -2.19. The third-order valence-corrected chi connectivity index (χ3v) is 3.54. The van der Waals surface area contributed by atoms with Gasteiger partial charge in [-0.3, -0.25) is 0 Å². The van der Waals surface area contributed by atoms with E-state index in [0.717, 1.165) is 11.1 Å². The molecule has 0 aliphatic heterocycles. The molecule has 0 atom stereocenters. The number of carbonyl (C=O) groups excluding carboxylic acids is 1. The third kappa shape index (κ3) is 2.98. The van der Waals surface area contributed by atoms with Gasteiger partial charge in [-0.25, -0.2) is 4.79 Å². The zero-order valence-electron chi connectivity index (χ0n) is 10.6. The third-order valence-electron chi connectivity index (χ3n) is 2.72. The number of anilines is 1. The minimum Gasteiger partial charge on any atom is -0.495 e. The first-order valence-corrected chi connectivity index (χ1v) is 6.47. The summed E-state index contributed by atoms with van der Waals surface area (Å²) in [6, 6.07) is 9.96. The van der Waals surface area contributed by atoms with Crippen LogP contribution in [0.15, 0.2) is 36.4 Å². The van der Waals surface area contributed by atoms with Crippen LogP contribution < -0.4 is 15.8 Å². The van der Waals surface area contributed by atoms with Crippen molar-refractivity contribution in [1.82, 2.24) is 0 Å². The highest BCUT2D eigenvalue weighted by Gasteiger charge is 2.11. The predicted octanol–water partition coefficient (Wildman–Crippen LogP) is 4.16. The van der Waals surface area contributed by atoms with E-state index in [2.05, 4.69) is 5.32 Å². The zero-order chi connectivity index (χ0) is 14.7. The Labute approximate surface area is 126 Å². The molecule has 2 aromatic carbocycles. The van der Waals surface area contributed by atoms with Gasteiger partial charge in [-0.15, -0.1) is 0 Å². The van der Waals surface area contributed by atoms with Gasteiger partial charge in [0.15, 0.2) is 0 Å². The van der Waals surface area contributed by atoms with Gasteiger partial charge in [-0.05, 0) is 23.8 Å². The van der Waals surface area contributed by atoms with Crippen molar-refractivity contribution in [1.29, 1.82) is 0 Å². The lowest BCUT2D eigenvalue weighted by molar-refractivity contribution is 0.259. The fourth-order valence-electron chi connectivity index (χ4n) is 1.82. The van der Waals surface area contributed by atoms with E-state index < -0.39 is 6.03 Å². The highest BCUT2D eigenvalue weighted by molar-refractivity contribution is 6.43. The second-order valence-corrected chi connectivity index (χ2v) is 4.79. The minimum atomic E-state index is -0.656. The van der Waals surface area contributed by atoms with Gasteiger partial charge in [0.25, 0.3) is 0 Å². The SMILES string of the molecule is COc1cc(-c2cccc(Cl)c2Cl)ccc1NC(N)=O. The van der Waals surface area contributed by atoms with Crippen molar-refractivity contribution in [3.05, 3.63) is 46.4 Å². The van der Waals surface area contributed by atoms with Crippen molar-refractivity contribution >= 4 is 34.9 Å². The van der Waals surface area contributed by atoms with Crippen molar-refractivity contribution < 1.29 is 9.53 Å². The number of carbonyl (C=O) groups is 1. The lowest BCUT2D eigenvalue weighted by atomic mass is 10.0. The second-order valence-electron chi connectivity index (χ2n) is 4.01. The molecule has 2 rings (SSSR count). The molecule has 6 heteroatoms. The molecule has 0 unspecified atom stereocenters. The van der Waals surface area contributed by atoms with Gasteiger partial charge in [-0.1, -0.05) is 41.4 Å². The van der Waals surface area contributed by atoms with E-state index in [1.165, 1.54) is 7.11 Å². The summed E-state index contributed by atoms with van der Waals surface area (Å²) in [5, 5.41) is 3.42. The summed E-state index contributed by atoms with van der Waals surface area (Å²) < 4.78 is 5.23. The smallest absolute Gasteiger partial charge is 0.316 e. The van der Waals surface area contributed by atoms with Crippen LogP contribution in [0.4, 0.5) is 10.5 Å². The summed E-state index contributed by atoms with van der Waals surface area (Å²) in [7, 11) is 1.50. The van der Waals surface area contributed by atoms with E-state index in [9.17, 15) is 4.79 Å². The predicted molar refractivity (Wildman–Crippen MR) is 81.7 cm³/mol. The van der Waals surface area contributed by atoms with E-state index in [4.69, 9.17) is 33.7 Å². The number of hydrogen-bond donors (Lipinski definition) is 2. The number of urea groups is 1. The normalized spacial score (nSPS) is 10.2. The van der Waals surface area contributed by atoms with Gasteiger partial charge in [0.05, 0.1) is 22.8 Å². The van der Waals surface area contributed by atoms with E-state index in [0.29, 0.717) is 21.5 Å². The Balaban J connectivity index is 2.48. The minimum absolute atomic E-state index is 0.465. The molecule has 0 bridgehead atoms. The Hall–Kier alpha value is -1.91. The number of benzene rings is 2. The molecule has 3 N–H and O–H groups in total. The Kier molecular flexibility index (Phi) is 4.37. The molecule has 0 spiro atoms. The first-order valence-electron chi connectivity index (χ1n) is 5.72. The number of nitrogens with one attached hydrogen (secondary N) is 1. The van der Waals surface area contributed by atoms with Crippen LogP contribution in [0, 0.1) is 0 Å². The lowest BCUT2D eigenvalue weighted by Gasteiger charge is -2.12. The number of methoxy groups -OCH3 is 1. The van der Waals surface area contributed by atoms with Crippen LogP contribution in [-0.4, -0.2) is 13.1 Å². The Bertz CT molecular complexity index is 660. The van der Waals surface area contributed by atoms with Crippen LogP contribution in [-0.2, 0) is 0 Å². The number of ether oxygens (including phenoxy) is 1. The first kappa shape index (κ1) is 14.5. The van der Waals surface area contributed by atoms with Gasteiger partial charge in [0.1, 0.15) is 5.75 Å². The molecule has 104 valence electrons. The molecule has 2 aromatic rings. The molecule has 0 saturated heterocycles. The van der Waals surface area contributed by atoms with Crippen LogP contribution in [0.5, 0.6) is 5.75 Å². The van der Waals surface area contributed by atoms with Crippen molar-refractivity contribution in [2.24, 2.45) is 5.73 Å². The van der Waals surface area contributed by atoms with Crippen LogP contribution in [0.25, 0.3) is 11.1 Å². The van der Waals surface area contributed by atoms with Gasteiger partial charge >= 0.3 is 6.03 Å². The van der Waals surface area contributed by atoms with E-state index in [1.54, 1.807) is 24.3 Å². The summed E-state index contributed by atoms with van der Waals surface area (Å²) in [5.41, 5.74) is 7.19. The Morgan fingerprint density at radius 1 is 1.25 bits per heavy atom. The molecule has 0 aliphatic carbocycles. The summed E-state index contributed by atoms with van der Waals surface area (Å²) in [4.78, 5) is 10.9. The van der Waals surface area contributed by atoms with E-state index in [1.807, 2.05) is 12.1 Å². The highest BCUT2D eigenvalue weighted by Crippen LogP contribution is 2.36. The Morgan fingerprint density at radius 3 is 2.65 bits per heavy atom. The topological polar surface area (TPSA) is 64.3 Å². The highest BCUT2D eigenvalue weighted by atomic mass is 35.5. The van der Waals surface area contributed by atoms with Crippen molar-refractivity contribution in [2.45, 2.75) is 0 Å². The number of primary amides is 1. The van der Waals surface area contributed by atoms with Gasteiger partial charge < -0.3 is 15.8 Å². The molecule has 2 amide bonds. The molecule has 20 heavy (non-hydrogen) atoms. The molecular weight excluding hydrogens is 299 g/mol. The average molecular weight is 311 g/mol. The molecule has 0 heterocycles. The standard InChI is InChI=1S/C14H12Cl2N2O2/c1-20-12-7-8(5-6-11(12)18-14(17)19)9-3-2-4-10(15)13(9)16/h2-7H,1H3,(H3,17,18,19). The maximum Gasteiger partial charge on any atom is 0.316 e. The summed E-state index contributed by atoms with van der Waals surface area (Å²) >= 11 is 12.2. The summed E-state index contributed by atoms with van der Waals surface area (Å²) in [5.74, 6) is 0.484. The maximum atomic E-state index is 10.9. The zero-order valence-corrected chi connectivity index (χ0v) is 12.1. The fraction of sp³-hybridized carbons (Fsp3) is 0.0714. The molecule has 0 aromatic heterocycles. The fourth-order valence-corrected chi connectivity index (χ4v) is 2.23. The summed E-state index contributed by atoms with van der Waals surface area (Å²) in [6.07, 6.45) is 0. The number of rotatable bonds is 3. The van der Waals surface area contributed by atoms with E-state index >= 15 is 0 Å². The number of nitrogens with two attached hydrogens (primary N) is 1. The number of amides is 2. The van der Waals surface area contributed by atoms with Crippen LogP contribution >= 0.6 is 23.2 Å². The largest absolute Gasteiger partial charge is 0.495 e. The molecule has 4 nitrogen and oxygen atoms in total. The van der Waals surface area contributed by atoms with Crippen molar-refractivity contribution in [3.8, 4) is 16.9 Å². The molecule has 0 radical (unpaired) electrons. The van der Waals surface area contributed by atoms with E-state index in [-0.39, 0.29) is 0 Å². The van der Waals surface area contributed by atoms with Gasteiger partial charge in [0.2, 0.25) is 0 Å². The molecule has 0 saturated carbocycles. The van der Waals surface area contributed by atoms with Crippen molar-refractivity contribution in [3.63, 3.8) is 0 Å².